The number of aromatic amines is 2. The summed E-state index contributed by atoms with van der Waals surface area (Å²) in [7, 11) is -8.04. The van der Waals surface area contributed by atoms with Gasteiger partial charge in [0.15, 0.2) is 11.4 Å². The minimum absolute atomic E-state index is 0. The van der Waals surface area contributed by atoms with E-state index >= 15 is 0 Å². The molecule has 58 heavy (non-hydrogen) atoms. The average molecular weight is 958 g/mol. The number of nitrogens with two attached hydrogens (primary N) is 2. The summed E-state index contributed by atoms with van der Waals surface area (Å²) in [4.78, 5) is 24.7. The van der Waals surface area contributed by atoms with Gasteiger partial charge in [0.25, 0.3) is 11.1 Å². The first kappa shape index (κ1) is 48.6. The van der Waals surface area contributed by atoms with Crippen molar-refractivity contribution >= 4 is 89.2 Å². The van der Waals surface area contributed by atoms with Crippen molar-refractivity contribution in [2.45, 2.75) is 23.6 Å². The Morgan fingerprint density at radius 2 is 0.931 bits per heavy atom. The summed E-state index contributed by atoms with van der Waals surface area (Å²) in [5.74, 6) is -1.16. The van der Waals surface area contributed by atoms with Crippen molar-refractivity contribution < 1.29 is 74.0 Å². The van der Waals surface area contributed by atoms with Gasteiger partial charge in [-0.15, -0.1) is 10.2 Å². The van der Waals surface area contributed by atoms with Crippen molar-refractivity contribution in [3.8, 4) is 22.9 Å². The van der Waals surface area contributed by atoms with Crippen LogP contribution in [0.2, 0.25) is 20.1 Å². The van der Waals surface area contributed by atoms with Crippen LogP contribution in [0.15, 0.2) is 113 Å². The number of halogens is 4. The third-order valence-corrected chi connectivity index (χ3v) is 10.3. The van der Waals surface area contributed by atoms with E-state index < -0.39 is 42.7 Å². The van der Waals surface area contributed by atoms with E-state index in [1.807, 2.05) is 0 Å². The number of hydrogen-bond donors (Lipinski definition) is 4. The molecule has 6 N–H and O–H groups in total. The smallest absolute Gasteiger partial charge is 0.871 e. The van der Waals surface area contributed by atoms with Crippen LogP contribution < -0.4 is 61.2 Å². The fourth-order valence-electron chi connectivity index (χ4n) is 4.68. The van der Waals surface area contributed by atoms with Gasteiger partial charge in [0.2, 0.25) is 20.0 Å². The van der Waals surface area contributed by atoms with Gasteiger partial charge in [0.05, 0.1) is 54.0 Å². The van der Waals surface area contributed by atoms with Crippen LogP contribution in [0.3, 0.4) is 0 Å². The molecule has 0 amide bonds. The molecule has 4 aromatic carbocycles. The molecule has 18 nitrogen and oxygen atoms in total. The molecule has 0 saturated carbocycles. The maximum absolute atomic E-state index is 12.7. The Labute approximate surface area is 381 Å². The SMILES string of the molecule is Cc1[nH]n(-c2cc(Cl)ccc2Cl)c(=O)c1N=Nc1cc(S(N)(=O)=O)ccc1[O-].Cc1[nH]n(-c2cc(Cl)ccc2Cl)c(=O)c1N=Nc1cc(S(N)(=O)=O)ccc1[O-].[Cr+3].[Na+]. The van der Waals surface area contributed by atoms with Gasteiger partial charge in [-0.1, -0.05) is 70.0 Å². The van der Waals surface area contributed by atoms with Crippen molar-refractivity contribution in [3.63, 3.8) is 0 Å². The Morgan fingerprint density at radius 1 is 0.586 bits per heavy atom. The summed E-state index contributed by atoms with van der Waals surface area (Å²) in [5, 5.41) is 55.8. The zero-order valence-corrected chi connectivity index (χ0v) is 37.7. The molecule has 0 aliphatic rings. The van der Waals surface area contributed by atoms with Crippen LogP contribution >= 0.6 is 46.4 Å². The molecule has 2 heterocycles. The van der Waals surface area contributed by atoms with Gasteiger partial charge >= 0.3 is 46.9 Å². The van der Waals surface area contributed by atoms with Gasteiger partial charge in [-0.2, -0.15) is 10.2 Å². The van der Waals surface area contributed by atoms with Crippen molar-refractivity contribution in [3.05, 3.63) is 125 Å². The van der Waals surface area contributed by atoms with Crippen LogP contribution in [0.4, 0.5) is 22.7 Å². The van der Waals surface area contributed by atoms with E-state index in [0.29, 0.717) is 32.8 Å². The zero-order chi connectivity index (χ0) is 41.3. The van der Waals surface area contributed by atoms with E-state index in [9.17, 15) is 36.6 Å². The molecule has 6 rings (SSSR count). The van der Waals surface area contributed by atoms with Gasteiger partial charge in [0, 0.05) is 10.0 Å². The number of azo groups is 2. The Bertz CT molecular complexity index is 2740. The molecule has 0 saturated heterocycles. The second-order valence-corrected chi connectivity index (χ2v) is 16.2. The number of sulfonamides is 2. The second kappa shape index (κ2) is 19.5. The molecule has 1 radical (unpaired) electrons. The Hall–Kier alpha value is -3.79. The van der Waals surface area contributed by atoms with Gasteiger partial charge in [0.1, 0.15) is 0 Å². The van der Waals surface area contributed by atoms with Gasteiger partial charge in [-0.3, -0.25) is 19.8 Å². The Kier molecular flexibility index (Phi) is 16.3. The summed E-state index contributed by atoms with van der Waals surface area (Å²) in [6.07, 6.45) is 0. The molecule has 0 atom stereocenters. The van der Waals surface area contributed by atoms with E-state index in [-0.39, 0.29) is 89.5 Å². The maximum atomic E-state index is 12.7. The molecular formula is C32H24Cl4CrN10NaO8S2+2. The van der Waals surface area contributed by atoms with Crippen LogP contribution in [-0.4, -0.2) is 36.4 Å². The number of hydrogen-bond acceptors (Lipinski definition) is 12. The minimum Gasteiger partial charge on any atom is -0.871 e. The van der Waals surface area contributed by atoms with Crippen molar-refractivity contribution in [1.82, 2.24) is 19.6 Å². The van der Waals surface area contributed by atoms with E-state index in [0.717, 1.165) is 45.8 Å². The van der Waals surface area contributed by atoms with E-state index in [2.05, 4.69) is 30.7 Å². The molecule has 6 aromatic rings. The van der Waals surface area contributed by atoms with E-state index in [4.69, 9.17) is 56.7 Å². The molecule has 0 aliphatic carbocycles. The maximum Gasteiger partial charge on any atom is 3.00 e. The van der Waals surface area contributed by atoms with Crippen molar-refractivity contribution in [2.24, 2.45) is 30.7 Å². The Balaban J connectivity index is 0.000000300. The quantitative estimate of drug-likeness (QED) is 0.130. The van der Waals surface area contributed by atoms with Gasteiger partial charge in [-0.25, -0.2) is 36.5 Å². The Morgan fingerprint density at radius 3 is 1.26 bits per heavy atom. The fourth-order valence-corrected chi connectivity index (χ4v) is 6.48. The molecule has 0 bridgehead atoms. The number of rotatable bonds is 8. The number of benzene rings is 4. The standard InChI is InChI=1S/2C16H13Cl2N5O4S.Cr.Na/c2*1-8-15(16(25)23(22-8)13-6-9(17)2-4-11(13)18)21-20-12-7-10(28(19,26)27)3-5-14(12)24;;/h2*2-7,22,24H,1H3,(H2,19,26,27);;/q;;+3;+1/p-2. The monoisotopic (exact) mass is 955 g/mol. The number of H-pyrrole nitrogens is 2. The average Bonchev–Trinajstić information content (AvgIpc) is 3.56. The summed E-state index contributed by atoms with van der Waals surface area (Å²) in [6.45, 7) is 3.15. The number of aryl methyl sites for hydroxylation is 2. The first-order chi connectivity index (χ1) is 26.1. The zero-order valence-electron chi connectivity index (χ0n) is 29.8. The summed E-state index contributed by atoms with van der Waals surface area (Å²) >= 11 is 24.1. The first-order valence-corrected chi connectivity index (χ1v) is 19.8. The molecule has 0 unspecified atom stereocenters. The van der Waals surface area contributed by atoms with Crippen molar-refractivity contribution in [1.29, 1.82) is 0 Å². The van der Waals surface area contributed by atoms with Crippen molar-refractivity contribution in [2.75, 3.05) is 0 Å². The minimum atomic E-state index is -4.02. The molecule has 2 aromatic heterocycles. The van der Waals surface area contributed by atoms with Crippen LogP contribution in [0.1, 0.15) is 11.4 Å². The van der Waals surface area contributed by atoms with E-state index in [1.165, 1.54) is 24.3 Å². The number of nitrogens with zero attached hydrogens (tertiary/aromatic N) is 6. The number of primary sulfonamides is 2. The first-order valence-electron chi connectivity index (χ1n) is 15.2. The molecule has 0 fully saturated rings. The van der Waals surface area contributed by atoms with Gasteiger partial charge in [-0.05, 0) is 74.5 Å². The molecule has 26 heteroatoms. The second-order valence-electron chi connectivity index (χ2n) is 11.4. The predicted octanol–water partition coefficient (Wildman–Crippen LogP) is 2.84. The normalized spacial score (nSPS) is 11.6. The predicted molar refractivity (Wildman–Crippen MR) is 205 cm³/mol. The molecular weight excluding hydrogens is 933 g/mol. The molecule has 0 spiro atoms. The van der Waals surface area contributed by atoms with E-state index in [1.54, 1.807) is 26.0 Å². The van der Waals surface area contributed by atoms with Crippen LogP contribution in [0.25, 0.3) is 11.4 Å². The van der Waals surface area contributed by atoms with Gasteiger partial charge < -0.3 is 10.2 Å². The summed E-state index contributed by atoms with van der Waals surface area (Å²) in [5.41, 5.74) is -0.583. The van der Waals surface area contributed by atoms with Crippen LogP contribution in [0, 0.1) is 13.8 Å². The fraction of sp³-hybridized carbons (Fsp3) is 0.0625. The number of nitrogens with one attached hydrogen (secondary N) is 2. The number of aromatic nitrogens is 4. The third-order valence-electron chi connectivity index (χ3n) is 7.41. The van der Waals surface area contributed by atoms with Crippen LogP contribution in [-0.2, 0) is 37.4 Å². The molecule has 0 aliphatic heterocycles. The largest absolute Gasteiger partial charge is 3.00 e. The van der Waals surface area contributed by atoms with Crippen LogP contribution in [0.5, 0.6) is 11.5 Å². The summed E-state index contributed by atoms with van der Waals surface area (Å²) < 4.78 is 48.0. The molecule has 295 valence electrons. The third kappa shape index (κ3) is 11.3. The topological polar surface area (TPSA) is 291 Å². The summed E-state index contributed by atoms with van der Waals surface area (Å²) in [6, 6.07) is 15.3.